The number of aryl methyl sites for hydroxylation is 2. The van der Waals surface area contributed by atoms with Crippen LogP contribution in [0.15, 0.2) is 12.4 Å². The van der Waals surface area contributed by atoms with E-state index in [0.29, 0.717) is 38.1 Å². The van der Waals surface area contributed by atoms with Gasteiger partial charge >= 0.3 is 0 Å². The summed E-state index contributed by atoms with van der Waals surface area (Å²) >= 11 is 0. The maximum atomic E-state index is 5.39. The quantitative estimate of drug-likeness (QED) is 0.708. The summed E-state index contributed by atoms with van der Waals surface area (Å²) in [5.41, 5.74) is 0. The Labute approximate surface area is 104 Å². The molecule has 8 heteroatoms. The Kier molecular flexibility index (Phi) is 4.11. The molecule has 0 radical (unpaired) electrons. The van der Waals surface area contributed by atoms with Gasteiger partial charge in [0.05, 0.1) is 26.3 Å². The van der Waals surface area contributed by atoms with Crippen molar-refractivity contribution in [3.63, 3.8) is 0 Å². The van der Waals surface area contributed by atoms with Crippen LogP contribution in [0.1, 0.15) is 13.8 Å². The van der Waals surface area contributed by atoms with Crippen molar-refractivity contribution < 1.29 is 9.47 Å². The lowest BCUT2D eigenvalue weighted by atomic mass is 10.6. The van der Waals surface area contributed by atoms with Gasteiger partial charge in [0.2, 0.25) is 11.8 Å². The third-order valence-electron chi connectivity index (χ3n) is 2.27. The van der Waals surface area contributed by atoms with Gasteiger partial charge in [0.15, 0.2) is 0 Å². The van der Waals surface area contributed by atoms with Crippen LogP contribution in [0, 0.1) is 0 Å². The highest BCUT2D eigenvalue weighted by Gasteiger charge is 2.07. The van der Waals surface area contributed by atoms with E-state index in [1.165, 1.54) is 0 Å². The molecule has 0 aliphatic carbocycles. The molecule has 0 saturated carbocycles. The molecule has 0 unspecified atom stereocenters. The van der Waals surface area contributed by atoms with Crippen molar-refractivity contribution in [2.45, 2.75) is 26.9 Å². The Morgan fingerprint density at radius 3 is 1.72 bits per heavy atom. The lowest BCUT2D eigenvalue weighted by molar-refractivity contribution is 0.280. The predicted molar refractivity (Wildman–Crippen MR) is 62.4 cm³/mol. The summed E-state index contributed by atoms with van der Waals surface area (Å²) in [6, 6.07) is 0. The summed E-state index contributed by atoms with van der Waals surface area (Å²) in [7, 11) is 0. The summed E-state index contributed by atoms with van der Waals surface area (Å²) in [6.07, 6.45) is 3.18. The van der Waals surface area contributed by atoms with Crippen LogP contribution in [0.2, 0.25) is 0 Å². The molecule has 0 saturated heterocycles. The first-order valence-electron chi connectivity index (χ1n) is 5.87. The summed E-state index contributed by atoms with van der Waals surface area (Å²) < 4.78 is 14.1. The molecule has 2 rings (SSSR count). The van der Waals surface area contributed by atoms with Crippen molar-refractivity contribution in [1.29, 1.82) is 0 Å². The molecule has 2 aromatic rings. The van der Waals surface area contributed by atoms with Crippen molar-refractivity contribution in [3.05, 3.63) is 12.4 Å². The molecule has 0 amide bonds. The summed E-state index contributed by atoms with van der Waals surface area (Å²) in [5.74, 6) is 1.30. The van der Waals surface area contributed by atoms with Gasteiger partial charge in [-0.15, -0.1) is 10.2 Å². The van der Waals surface area contributed by atoms with E-state index in [-0.39, 0.29) is 0 Å². The number of ether oxygens (including phenoxy) is 2. The fraction of sp³-hybridized carbons (Fsp3) is 0.600. The van der Waals surface area contributed by atoms with Crippen LogP contribution in [-0.4, -0.2) is 43.2 Å². The molecule has 0 aliphatic rings. The average molecular weight is 252 g/mol. The summed E-state index contributed by atoms with van der Waals surface area (Å²) in [4.78, 5) is 0. The van der Waals surface area contributed by atoms with Crippen molar-refractivity contribution >= 4 is 0 Å². The van der Waals surface area contributed by atoms with Gasteiger partial charge in [-0.05, 0) is 13.8 Å². The molecule has 0 aromatic carbocycles. The zero-order valence-electron chi connectivity index (χ0n) is 10.5. The second-order valence-corrected chi connectivity index (χ2v) is 3.46. The van der Waals surface area contributed by atoms with Crippen LogP contribution in [-0.2, 0) is 13.1 Å². The van der Waals surface area contributed by atoms with Gasteiger partial charge in [0.25, 0.3) is 0 Å². The van der Waals surface area contributed by atoms with E-state index in [9.17, 15) is 0 Å². The van der Waals surface area contributed by atoms with Gasteiger partial charge in [-0.1, -0.05) is 10.4 Å². The maximum Gasteiger partial charge on any atom is 0.232 e. The molecule has 8 nitrogen and oxygen atoms in total. The minimum atomic E-state index is 0.584. The summed E-state index contributed by atoms with van der Waals surface area (Å²) in [6.45, 7) is 6.20. The Bertz CT molecular complexity index is 436. The van der Waals surface area contributed by atoms with E-state index >= 15 is 0 Å². The van der Waals surface area contributed by atoms with Crippen LogP contribution >= 0.6 is 0 Å². The average Bonchev–Trinajstić information content (AvgIpc) is 2.97. The molecule has 18 heavy (non-hydrogen) atoms. The van der Waals surface area contributed by atoms with E-state index in [1.54, 1.807) is 21.8 Å². The highest BCUT2D eigenvalue weighted by molar-refractivity contribution is 5.03. The monoisotopic (exact) mass is 252 g/mol. The number of hydrogen-bond donors (Lipinski definition) is 0. The van der Waals surface area contributed by atoms with Crippen LogP contribution in [0.4, 0.5) is 0 Å². The van der Waals surface area contributed by atoms with Gasteiger partial charge < -0.3 is 9.47 Å². The van der Waals surface area contributed by atoms with Crippen LogP contribution in [0.3, 0.4) is 0 Å². The molecule has 2 heterocycles. The normalized spacial score (nSPS) is 10.6. The molecular formula is C10H16N6O2. The van der Waals surface area contributed by atoms with Gasteiger partial charge in [-0.25, -0.2) is 9.36 Å². The topological polar surface area (TPSA) is 79.9 Å². The fourth-order valence-electron chi connectivity index (χ4n) is 1.52. The van der Waals surface area contributed by atoms with E-state index < -0.39 is 0 Å². The molecule has 0 aliphatic heterocycles. The van der Waals surface area contributed by atoms with Crippen LogP contribution in [0.25, 0.3) is 0 Å². The van der Waals surface area contributed by atoms with Gasteiger partial charge in [-0.3, -0.25) is 0 Å². The lowest BCUT2D eigenvalue weighted by Crippen LogP contribution is -2.13. The Morgan fingerprint density at radius 2 is 1.33 bits per heavy atom. The van der Waals surface area contributed by atoms with Crippen molar-refractivity contribution in [2.75, 3.05) is 13.2 Å². The van der Waals surface area contributed by atoms with Crippen molar-refractivity contribution in [3.8, 4) is 11.8 Å². The molecule has 0 N–H and O–H groups in total. The summed E-state index contributed by atoms with van der Waals surface area (Å²) in [5, 5.41) is 15.5. The second kappa shape index (κ2) is 5.99. The first-order valence-corrected chi connectivity index (χ1v) is 5.87. The van der Waals surface area contributed by atoms with E-state index in [2.05, 4.69) is 20.6 Å². The smallest absolute Gasteiger partial charge is 0.232 e. The van der Waals surface area contributed by atoms with Crippen molar-refractivity contribution in [1.82, 2.24) is 30.0 Å². The van der Waals surface area contributed by atoms with Gasteiger partial charge in [-0.2, -0.15) is 0 Å². The molecule has 98 valence electrons. The number of rotatable bonds is 7. The van der Waals surface area contributed by atoms with Crippen molar-refractivity contribution in [2.24, 2.45) is 0 Å². The molecule has 2 aromatic heterocycles. The first kappa shape index (κ1) is 12.3. The van der Waals surface area contributed by atoms with Crippen LogP contribution in [0.5, 0.6) is 11.8 Å². The Morgan fingerprint density at radius 1 is 0.889 bits per heavy atom. The fourth-order valence-corrected chi connectivity index (χ4v) is 1.52. The van der Waals surface area contributed by atoms with Crippen LogP contribution < -0.4 is 9.47 Å². The third kappa shape index (κ3) is 2.76. The van der Waals surface area contributed by atoms with E-state index in [4.69, 9.17) is 9.47 Å². The largest absolute Gasteiger partial charge is 0.477 e. The highest BCUT2D eigenvalue weighted by atomic mass is 16.5. The molecular weight excluding hydrogens is 236 g/mol. The number of nitrogens with zero attached hydrogens (tertiary/aromatic N) is 6. The zero-order valence-corrected chi connectivity index (χ0v) is 10.5. The zero-order chi connectivity index (χ0) is 12.8. The number of hydrogen-bond acceptors (Lipinski definition) is 6. The van der Waals surface area contributed by atoms with E-state index in [1.807, 2.05) is 13.8 Å². The molecule has 0 bridgehead atoms. The first-order chi connectivity index (χ1) is 8.85. The third-order valence-corrected chi connectivity index (χ3v) is 2.27. The lowest BCUT2D eigenvalue weighted by Gasteiger charge is -2.08. The Balaban J connectivity index is 1.98. The standard InChI is InChI=1S/C10H16N6O2/c1-3-17-9-7-11-13-15(9)5-6-16-10(18-4-2)8-12-14-16/h7-8H,3-6H2,1-2H3. The minimum absolute atomic E-state index is 0.584. The van der Waals surface area contributed by atoms with E-state index in [0.717, 1.165) is 0 Å². The minimum Gasteiger partial charge on any atom is -0.477 e. The molecule has 0 spiro atoms. The van der Waals surface area contributed by atoms with Gasteiger partial charge in [0, 0.05) is 0 Å². The molecule has 0 atom stereocenters. The highest BCUT2D eigenvalue weighted by Crippen LogP contribution is 2.10. The molecule has 0 fully saturated rings. The Hall–Kier alpha value is -2.12. The maximum absolute atomic E-state index is 5.39. The second-order valence-electron chi connectivity index (χ2n) is 3.46. The SMILES string of the molecule is CCOc1cnnn1CCn1nncc1OCC. The number of aromatic nitrogens is 6. The predicted octanol–water partition coefficient (Wildman–Crippen LogP) is 0.367. The van der Waals surface area contributed by atoms with Gasteiger partial charge in [0.1, 0.15) is 12.4 Å².